The maximum atomic E-state index is 8.57. The van der Waals surface area contributed by atoms with Crippen LogP contribution in [0.5, 0.6) is 11.5 Å². The maximum absolute atomic E-state index is 8.57. The molecule has 100 valence electrons. The molecule has 0 unspecified atom stereocenters. The maximum Gasteiger partial charge on any atom is 0.161 e. The van der Waals surface area contributed by atoms with Gasteiger partial charge in [0.05, 0.1) is 20.8 Å². The molecule has 0 atom stereocenters. The van der Waals surface area contributed by atoms with Gasteiger partial charge in [0.15, 0.2) is 11.5 Å². The summed E-state index contributed by atoms with van der Waals surface area (Å²) in [5.41, 5.74) is 9.73. The Bertz CT molecular complexity index is 540. The zero-order valence-corrected chi connectivity index (χ0v) is 11.1. The van der Waals surface area contributed by atoms with Crippen LogP contribution in [0.15, 0.2) is 17.2 Å². The van der Waals surface area contributed by atoms with Crippen molar-refractivity contribution < 1.29 is 14.2 Å². The lowest BCUT2D eigenvalue weighted by molar-refractivity contribution is 0.153. The smallest absolute Gasteiger partial charge is 0.161 e. The van der Waals surface area contributed by atoms with Gasteiger partial charge in [0, 0.05) is 10.6 Å². The highest BCUT2D eigenvalue weighted by atomic mass is 16.5. The number of hydrogen-bond donors (Lipinski definition) is 0. The first kappa shape index (κ1) is 14.7. The summed E-state index contributed by atoms with van der Waals surface area (Å²) in [6.45, 7) is 2.34. The lowest BCUT2D eigenvalue weighted by atomic mass is 10.1. The Morgan fingerprint density at radius 1 is 1.26 bits per heavy atom. The third-order valence-electron chi connectivity index (χ3n) is 2.35. The van der Waals surface area contributed by atoms with E-state index in [0.717, 1.165) is 0 Å². The van der Waals surface area contributed by atoms with Gasteiger partial charge >= 0.3 is 0 Å². The van der Waals surface area contributed by atoms with Gasteiger partial charge in [-0.15, -0.1) is 5.92 Å². The quantitative estimate of drug-likeness (QED) is 0.259. The third-order valence-corrected chi connectivity index (χ3v) is 2.35. The van der Waals surface area contributed by atoms with Gasteiger partial charge in [-0.2, -0.15) is 0 Å². The average Bonchev–Trinajstić information content (AvgIpc) is 2.44. The SMILES string of the molecule is CC#CCOCc1cc(OC)c(OC)cc1N=[N+]=[N-]. The highest BCUT2D eigenvalue weighted by Crippen LogP contribution is 2.35. The van der Waals surface area contributed by atoms with E-state index in [1.165, 1.54) is 14.2 Å². The molecule has 6 nitrogen and oxygen atoms in total. The fourth-order valence-electron chi connectivity index (χ4n) is 1.45. The van der Waals surface area contributed by atoms with Crippen LogP contribution in [0.25, 0.3) is 10.4 Å². The van der Waals surface area contributed by atoms with Crippen molar-refractivity contribution in [3.63, 3.8) is 0 Å². The Hall–Kier alpha value is -2.35. The minimum Gasteiger partial charge on any atom is -0.493 e. The van der Waals surface area contributed by atoms with Crippen molar-refractivity contribution in [2.45, 2.75) is 13.5 Å². The Kier molecular flexibility index (Phi) is 6.10. The molecule has 0 aliphatic heterocycles. The molecule has 0 saturated heterocycles. The van der Waals surface area contributed by atoms with Crippen molar-refractivity contribution >= 4 is 5.69 Å². The Morgan fingerprint density at radius 2 is 1.95 bits per heavy atom. The van der Waals surface area contributed by atoms with Crippen LogP contribution < -0.4 is 9.47 Å². The van der Waals surface area contributed by atoms with Crippen LogP contribution in [0.1, 0.15) is 12.5 Å². The number of nitrogens with zero attached hydrogens (tertiary/aromatic N) is 3. The van der Waals surface area contributed by atoms with Crippen LogP contribution in [0, 0.1) is 11.8 Å². The Balaban J connectivity index is 3.03. The summed E-state index contributed by atoms with van der Waals surface area (Å²) < 4.78 is 15.7. The summed E-state index contributed by atoms with van der Waals surface area (Å²) in [7, 11) is 3.06. The largest absolute Gasteiger partial charge is 0.493 e. The molecular weight excluding hydrogens is 246 g/mol. The molecule has 0 amide bonds. The van der Waals surface area contributed by atoms with Crippen LogP contribution >= 0.6 is 0 Å². The molecule has 1 aromatic carbocycles. The summed E-state index contributed by atoms with van der Waals surface area (Å²) in [5.74, 6) is 6.58. The van der Waals surface area contributed by atoms with Gasteiger partial charge in [-0.25, -0.2) is 0 Å². The predicted molar refractivity (Wildman–Crippen MR) is 71.5 cm³/mol. The van der Waals surface area contributed by atoms with Crippen molar-refractivity contribution in [1.82, 2.24) is 0 Å². The van der Waals surface area contributed by atoms with Crippen molar-refractivity contribution in [2.75, 3.05) is 20.8 Å². The molecule has 0 fully saturated rings. The molecule has 0 bridgehead atoms. The number of benzene rings is 1. The van der Waals surface area contributed by atoms with E-state index in [2.05, 4.69) is 21.9 Å². The summed E-state index contributed by atoms with van der Waals surface area (Å²) in [5, 5.41) is 3.62. The highest BCUT2D eigenvalue weighted by molar-refractivity contribution is 5.57. The van der Waals surface area contributed by atoms with Gasteiger partial charge in [-0.1, -0.05) is 11.0 Å². The van der Waals surface area contributed by atoms with E-state index in [-0.39, 0.29) is 6.61 Å². The second kappa shape index (κ2) is 7.88. The van der Waals surface area contributed by atoms with Gasteiger partial charge in [0.25, 0.3) is 0 Å². The van der Waals surface area contributed by atoms with Crippen molar-refractivity contribution in [1.29, 1.82) is 0 Å². The van der Waals surface area contributed by atoms with Gasteiger partial charge in [0.2, 0.25) is 0 Å². The van der Waals surface area contributed by atoms with E-state index in [9.17, 15) is 0 Å². The third kappa shape index (κ3) is 4.11. The van der Waals surface area contributed by atoms with Gasteiger partial charge in [-0.3, -0.25) is 0 Å². The summed E-state index contributed by atoms with van der Waals surface area (Å²) in [6, 6.07) is 3.34. The summed E-state index contributed by atoms with van der Waals surface area (Å²) in [6.07, 6.45) is 0. The number of methoxy groups -OCH3 is 2. The normalized spacial score (nSPS) is 9.00. The average molecular weight is 261 g/mol. The second-order valence-corrected chi connectivity index (χ2v) is 3.44. The number of ether oxygens (including phenoxy) is 3. The van der Waals surface area contributed by atoms with Crippen LogP contribution in [0.4, 0.5) is 5.69 Å². The molecule has 0 spiro atoms. The molecule has 0 radical (unpaired) electrons. The first-order chi connectivity index (χ1) is 9.26. The Morgan fingerprint density at radius 3 is 2.53 bits per heavy atom. The molecule has 0 saturated carbocycles. The minimum absolute atomic E-state index is 0.281. The van der Waals surface area contributed by atoms with E-state index in [4.69, 9.17) is 19.7 Å². The topological polar surface area (TPSA) is 76.5 Å². The van der Waals surface area contributed by atoms with E-state index in [0.29, 0.717) is 29.4 Å². The zero-order chi connectivity index (χ0) is 14.1. The van der Waals surface area contributed by atoms with E-state index in [1.807, 2.05) is 0 Å². The van der Waals surface area contributed by atoms with Crippen LogP contribution in [-0.2, 0) is 11.3 Å². The van der Waals surface area contributed by atoms with Crippen LogP contribution in [0.3, 0.4) is 0 Å². The van der Waals surface area contributed by atoms with E-state index >= 15 is 0 Å². The van der Waals surface area contributed by atoms with Crippen LogP contribution in [0.2, 0.25) is 0 Å². The van der Waals surface area contributed by atoms with E-state index in [1.54, 1.807) is 19.1 Å². The monoisotopic (exact) mass is 261 g/mol. The summed E-state index contributed by atoms with van der Waals surface area (Å²) in [4.78, 5) is 2.79. The minimum atomic E-state index is 0.281. The first-order valence-electron chi connectivity index (χ1n) is 5.54. The predicted octanol–water partition coefficient (Wildman–Crippen LogP) is 3.19. The molecule has 19 heavy (non-hydrogen) atoms. The first-order valence-corrected chi connectivity index (χ1v) is 5.54. The molecule has 0 heterocycles. The van der Waals surface area contributed by atoms with Gasteiger partial charge in [0.1, 0.15) is 6.61 Å². The van der Waals surface area contributed by atoms with Crippen molar-refractivity contribution in [3.8, 4) is 23.3 Å². The standard InChI is InChI=1S/C13H15N3O3/c1-4-5-6-19-9-10-7-12(17-2)13(18-3)8-11(10)15-16-14/h7-8H,6,9H2,1-3H3. The molecule has 0 aliphatic rings. The molecule has 1 rings (SSSR count). The van der Waals surface area contributed by atoms with Crippen molar-refractivity contribution in [3.05, 3.63) is 28.1 Å². The molecule has 6 heteroatoms. The Labute approximate surface area is 111 Å². The highest BCUT2D eigenvalue weighted by Gasteiger charge is 2.10. The van der Waals surface area contributed by atoms with Crippen molar-refractivity contribution in [2.24, 2.45) is 5.11 Å². The lowest BCUT2D eigenvalue weighted by Crippen LogP contribution is -1.97. The van der Waals surface area contributed by atoms with Gasteiger partial charge < -0.3 is 14.2 Å². The van der Waals surface area contributed by atoms with E-state index < -0.39 is 0 Å². The second-order valence-electron chi connectivity index (χ2n) is 3.44. The fourth-order valence-corrected chi connectivity index (χ4v) is 1.45. The van der Waals surface area contributed by atoms with Gasteiger partial charge in [-0.05, 0) is 30.2 Å². The van der Waals surface area contributed by atoms with Crippen LogP contribution in [-0.4, -0.2) is 20.8 Å². The molecule has 0 aliphatic carbocycles. The molecule has 0 aromatic heterocycles. The molecule has 0 N–H and O–H groups in total. The number of azide groups is 1. The molecular formula is C13H15N3O3. The zero-order valence-electron chi connectivity index (χ0n) is 11.1. The summed E-state index contributed by atoms with van der Waals surface area (Å²) >= 11 is 0. The fraction of sp³-hybridized carbons (Fsp3) is 0.385. The lowest BCUT2D eigenvalue weighted by Gasteiger charge is -2.12. The number of rotatable bonds is 6. The number of hydrogen-bond acceptors (Lipinski definition) is 4. The molecule has 1 aromatic rings.